The standard InChI is InChI=1S/C15H22N2O3/c1-2-20-14-5-3-12(11-13(14)16)4-6-15(18)17-7-9-19-10-8-17/h3,5,11H,2,4,6-10,16H2,1H3. The highest BCUT2D eigenvalue weighted by molar-refractivity contribution is 5.76. The Morgan fingerprint density at radius 1 is 1.40 bits per heavy atom. The zero-order valence-electron chi connectivity index (χ0n) is 11.9. The minimum atomic E-state index is 0.181. The van der Waals surface area contributed by atoms with Gasteiger partial charge in [-0.3, -0.25) is 4.79 Å². The molecule has 1 aromatic rings. The van der Waals surface area contributed by atoms with E-state index in [0.717, 1.165) is 5.56 Å². The number of amides is 1. The average Bonchev–Trinajstić information content (AvgIpc) is 2.48. The van der Waals surface area contributed by atoms with E-state index in [1.165, 1.54) is 0 Å². The number of carbonyl (C=O) groups excluding carboxylic acids is 1. The maximum Gasteiger partial charge on any atom is 0.223 e. The molecule has 0 radical (unpaired) electrons. The SMILES string of the molecule is CCOc1ccc(CCC(=O)N2CCOCC2)cc1N. The Morgan fingerprint density at radius 2 is 2.15 bits per heavy atom. The van der Waals surface area contributed by atoms with Crippen molar-refractivity contribution < 1.29 is 14.3 Å². The molecular weight excluding hydrogens is 256 g/mol. The molecule has 1 aromatic carbocycles. The summed E-state index contributed by atoms with van der Waals surface area (Å²) in [5.41, 5.74) is 7.61. The Morgan fingerprint density at radius 3 is 2.80 bits per heavy atom. The second-order valence-corrected chi connectivity index (χ2v) is 4.80. The summed E-state index contributed by atoms with van der Waals surface area (Å²) in [6.07, 6.45) is 1.21. The number of nitrogen functional groups attached to an aromatic ring is 1. The maximum absolute atomic E-state index is 12.0. The van der Waals surface area contributed by atoms with Crippen molar-refractivity contribution in [2.45, 2.75) is 19.8 Å². The Balaban J connectivity index is 1.87. The third-order valence-electron chi connectivity index (χ3n) is 3.37. The van der Waals surface area contributed by atoms with Crippen molar-refractivity contribution in [3.05, 3.63) is 23.8 Å². The molecule has 0 aliphatic carbocycles. The Hall–Kier alpha value is -1.75. The van der Waals surface area contributed by atoms with Crippen molar-refractivity contribution in [2.24, 2.45) is 0 Å². The number of hydrogen-bond acceptors (Lipinski definition) is 4. The number of hydrogen-bond donors (Lipinski definition) is 1. The molecule has 1 aliphatic heterocycles. The summed E-state index contributed by atoms with van der Waals surface area (Å²) in [5.74, 6) is 0.886. The molecule has 0 aromatic heterocycles. The van der Waals surface area contributed by atoms with E-state index < -0.39 is 0 Å². The first-order valence-corrected chi connectivity index (χ1v) is 7.07. The first kappa shape index (κ1) is 14.7. The van der Waals surface area contributed by atoms with E-state index in [1.54, 1.807) is 0 Å². The van der Waals surface area contributed by atoms with Gasteiger partial charge in [-0.2, -0.15) is 0 Å². The lowest BCUT2D eigenvalue weighted by Gasteiger charge is -2.26. The minimum Gasteiger partial charge on any atom is -0.492 e. The monoisotopic (exact) mass is 278 g/mol. The maximum atomic E-state index is 12.0. The molecule has 0 saturated carbocycles. The highest BCUT2D eigenvalue weighted by atomic mass is 16.5. The molecule has 0 atom stereocenters. The third-order valence-corrected chi connectivity index (χ3v) is 3.37. The summed E-state index contributed by atoms with van der Waals surface area (Å²) < 4.78 is 10.6. The van der Waals surface area contributed by atoms with Gasteiger partial charge in [0.2, 0.25) is 5.91 Å². The van der Waals surface area contributed by atoms with Crippen LogP contribution in [0.5, 0.6) is 5.75 Å². The fraction of sp³-hybridized carbons (Fsp3) is 0.533. The van der Waals surface area contributed by atoms with Crippen molar-refractivity contribution in [3.8, 4) is 5.75 Å². The van der Waals surface area contributed by atoms with E-state index in [0.29, 0.717) is 57.2 Å². The van der Waals surface area contributed by atoms with Crippen LogP contribution in [0.3, 0.4) is 0 Å². The Kier molecular flexibility index (Phi) is 5.24. The van der Waals surface area contributed by atoms with Crippen LogP contribution < -0.4 is 10.5 Å². The third kappa shape index (κ3) is 3.87. The van der Waals surface area contributed by atoms with Crippen molar-refractivity contribution in [3.63, 3.8) is 0 Å². The fourth-order valence-electron chi connectivity index (χ4n) is 2.26. The van der Waals surface area contributed by atoms with Gasteiger partial charge in [-0.15, -0.1) is 0 Å². The van der Waals surface area contributed by atoms with Gasteiger partial charge in [0.1, 0.15) is 5.75 Å². The molecular formula is C15H22N2O3. The molecule has 0 spiro atoms. The Labute approximate surface area is 119 Å². The molecule has 20 heavy (non-hydrogen) atoms. The topological polar surface area (TPSA) is 64.8 Å². The van der Waals surface area contributed by atoms with Gasteiger partial charge in [0, 0.05) is 19.5 Å². The van der Waals surface area contributed by atoms with E-state index >= 15 is 0 Å². The fourth-order valence-corrected chi connectivity index (χ4v) is 2.26. The van der Waals surface area contributed by atoms with E-state index in [2.05, 4.69) is 0 Å². The van der Waals surface area contributed by atoms with Crippen LogP contribution in [-0.2, 0) is 16.0 Å². The molecule has 0 bridgehead atoms. The van der Waals surface area contributed by atoms with Gasteiger partial charge in [0.25, 0.3) is 0 Å². The molecule has 2 N–H and O–H groups in total. The summed E-state index contributed by atoms with van der Waals surface area (Å²) in [6.45, 7) is 5.20. The second kappa shape index (κ2) is 7.14. The van der Waals surface area contributed by atoms with Gasteiger partial charge in [-0.25, -0.2) is 0 Å². The quantitative estimate of drug-likeness (QED) is 0.828. The summed E-state index contributed by atoms with van der Waals surface area (Å²) in [6, 6.07) is 5.72. The van der Waals surface area contributed by atoms with E-state index in [1.807, 2.05) is 30.0 Å². The molecule has 1 fully saturated rings. The lowest BCUT2D eigenvalue weighted by Crippen LogP contribution is -2.40. The van der Waals surface area contributed by atoms with E-state index in [-0.39, 0.29) is 5.91 Å². The number of rotatable bonds is 5. The summed E-state index contributed by atoms with van der Waals surface area (Å²) >= 11 is 0. The normalized spacial score (nSPS) is 15.2. The summed E-state index contributed by atoms with van der Waals surface area (Å²) in [4.78, 5) is 13.9. The van der Waals surface area contributed by atoms with Crippen molar-refractivity contribution in [1.29, 1.82) is 0 Å². The van der Waals surface area contributed by atoms with Gasteiger partial charge in [0.15, 0.2) is 0 Å². The van der Waals surface area contributed by atoms with Crippen LogP contribution in [0.2, 0.25) is 0 Å². The van der Waals surface area contributed by atoms with Crippen LogP contribution in [0.4, 0.5) is 5.69 Å². The highest BCUT2D eigenvalue weighted by Crippen LogP contribution is 2.23. The number of carbonyl (C=O) groups is 1. The average molecular weight is 278 g/mol. The minimum absolute atomic E-state index is 0.181. The molecule has 1 amide bonds. The van der Waals surface area contributed by atoms with Gasteiger partial charge >= 0.3 is 0 Å². The van der Waals surface area contributed by atoms with Crippen LogP contribution in [-0.4, -0.2) is 43.7 Å². The number of aryl methyl sites for hydroxylation is 1. The predicted octanol–water partition coefficient (Wildman–Crippen LogP) is 1.46. The molecule has 110 valence electrons. The lowest BCUT2D eigenvalue weighted by molar-refractivity contribution is -0.135. The number of nitrogens with two attached hydrogens (primary N) is 1. The van der Waals surface area contributed by atoms with Crippen molar-refractivity contribution >= 4 is 11.6 Å². The lowest BCUT2D eigenvalue weighted by atomic mass is 10.1. The first-order chi connectivity index (χ1) is 9.70. The number of nitrogens with zero attached hydrogens (tertiary/aromatic N) is 1. The molecule has 0 unspecified atom stereocenters. The van der Waals surface area contributed by atoms with E-state index in [4.69, 9.17) is 15.2 Å². The molecule has 1 heterocycles. The molecule has 5 heteroatoms. The number of morpholine rings is 1. The summed E-state index contributed by atoms with van der Waals surface area (Å²) in [5, 5.41) is 0. The van der Waals surface area contributed by atoms with Gasteiger partial charge in [-0.05, 0) is 31.0 Å². The van der Waals surface area contributed by atoms with E-state index in [9.17, 15) is 4.79 Å². The second-order valence-electron chi connectivity index (χ2n) is 4.80. The largest absolute Gasteiger partial charge is 0.492 e. The summed E-state index contributed by atoms with van der Waals surface area (Å²) in [7, 11) is 0. The number of anilines is 1. The van der Waals surface area contributed by atoms with Crippen molar-refractivity contribution in [1.82, 2.24) is 4.90 Å². The molecule has 2 rings (SSSR count). The zero-order chi connectivity index (χ0) is 14.4. The molecule has 1 saturated heterocycles. The molecule has 5 nitrogen and oxygen atoms in total. The predicted molar refractivity (Wildman–Crippen MR) is 77.7 cm³/mol. The molecule has 1 aliphatic rings. The van der Waals surface area contributed by atoms with Crippen LogP contribution in [0.25, 0.3) is 0 Å². The smallest absolute Gasteiger partial charge is 0.223 e. The van der Waals surface area contributed by atoms with Crippen LogP contribution >= 0.6 is 0 Å². The van der Waals surface area contributed by atoms with Gasteiger partial charge in [0.05, 0.1) is 25.5 Å². The first-order valence-electron chi connectivity index (χ1n) is 7.07. The highest BCUT2D eigenvalue weighted by Gasteiger charge is 2.16. The van der Waals surface area contributed by atoms with Crippen LogP contribution in [0, 0.1) is 0 Å². The van der Waals surface area contributed by atoms with Crippen LogP contribution in [0.15, 0.2) is 18.2 Å². The number of ether oxygens (including phenoxy) is 2. The zero-order valence-corrected chi connectivity index (χ0v) is 11.9. The van der Waals surface area contributed by atoms with Crippen molar-refractivity contribution in [2.75, 3.05) is 38.6 Å². The van der Waals surface area contributed by atoms with Gasteiger partial charge < -0.3 is 20.1 Å². The van der Waals surface area contributed by atoms with Gasteiger partial charge in [-0.1, -0.05) is 6.07 Å². The Bertz CT molecular complexity index is 456. The van der Waals surface area contributed by atoms with Crippen LogP contribution in [0.1, 0.15) is 18.9 Å². The number of benzene rings is 1.